The van der Waals surface area contributed by atoms with Gasteiger partial charge < -0.3 is 19.9 Å². The summed E-state index contributed by atoms with van der Waals surface area (Å²) in [5, 5.41) is 11.8. The van der Waals surface area contributed by atoms with E-state index in [1.54, 1.807) is 49.4 Å². The monoisotopic (exact) mass is 399 g/mol. The Bertz CT molecular complexity index is 875. The second-order valence-corrected chi connectivity index (χ2v) is 6.60. The number of carbonyl (C=O) groups excluding carboxylic acids is 2. The normalized spacial score (nSPS) is 11.4. The van der Waals surface area contributed by atoms with Crippen molar-refractivity contribution in [2.45, 2.75) is 32.6 Å². The van der Waals surface area contributed by atoms with E-state index in [0.717, 1.165) is 0 Å². The molecule has 1 unspecified atom stereocenters. The number of ketones is 1. The number of anilines is 1. The zero-order chi connectivity index (χ0) is 21.4. The van der Waals surface area contributed by atoms with E-state index in [1.807, 2.05) is 0 Å². The summed E-state index contributed by atoms with van der Waals surface area (Å²) in [7, 11) is 1.50. The first kappa shape index (κ1) is 21.9. The second kappa shape index (κ2) is 10.3. The van der Waals surface area contributed by atoms with E-state index < -0.39 is 11.9 Å². The highest BCUT2D eigenvalue weighted by Crippen LogP contribution is 2.28. The molecule has 0 aliphatic heterocycles. The Morgan fingerprint density at radius 1 is 1.07 bits per heavy atom. The zero-order valence-corrected chi connectivity index (χ0v) is 16.7. The third kappa shape index (κ3) is 6.34. The van der Waals surface area contributed by atoms with Crippen molar-refractivity contribution in [1.29, 1.82) is 0 Å². The van der Waals surface area contributed by atoms with Crippen LogP contribution in [0.15, 0.2) is 42.5 Å². The second-order valence-electron chi connectivity index (χ2n) is 6.60. The van der Waals surface area contributed by atoms with Gasteiger partial charge in [-0.15, -0.1) is 0 Å². The number of nitrogens with one attached hydrogen (secondary N) is 1. The molecular formula is C22H25NO6. The molecule has 0 saturated carbocycles. The van der Waals surface area contributed by atoms with Gasteiger partial charge in [-0.1, -0.05) is 12.1 Å². The first-order valence-electron chi connectivity index (χ1n) is 9.26. The van der Waals surface area contributed by atoms with Crippen molar-refractivity contribution >= 4 is 23.3 Å². The van der Waals surface area contributed by atoms with Crippen molar-refractivity contribution in [3.8, 4) is 11.5 Å². The van der Waals surface area contributed by atoms with Crippen molar-refractivity contribution in [2.75, 3.05) is 19.0 Å². The predicted molar refractivity (Wildman–Crippen MR) is 109 cm³/mol. The third-order valence-corrected chi connectivity index (χ3v) is 4.44. The summed E-state index contributed by atoms with van der Waals surface area (Å²) >= 11 is 0. The smallest absolute Gasteiger partial charge is 0.310 e. The molecule has 7 nitrogen and oxygen atoms in total. The summed E-state index contributed by atoms with van der Waals surface area (Å²) in [5.41, 5.74) is 1.82. The molecule has 0 saturated heterocycles. The molecule has 0 aliphatic carbocycles. The number of carboxylic acid groups (broad SMARTS) is 1. The molecule has 0 heterocycles. The first-order valence-corrected chi connectivity index (χ1v) is 9.26. The summed E-state index contributed by atoms with van der Waals surface area (Å²) in [6, 6.07) is 11.7. The fourth-order valence-electron chi connectivity index (χ4n) is 2.64. The standard InChI is InChI=1S/C22H25NO6/c1-14(22(26)27)16-6-9-18(10-7-16)23-21(25)5-4-12-29-19-11-8-17(15(2)24)13-20(19)28-3/h6-11,13-14H,4-5,12H2,1-3H3,(H,23,25)(H,26,27). The Morgan fingerprint density at radius 2 is 1.76 bits per heavy atom. The number of aliphatic carboxylic acids is 1. The lowest BCUT2D eigenvalue weighted by Crippen LogP contribution is -2.13. The van der Waals surface area contributed by atoms with E-state index in [1.165, 1.54) is 14.0 Å². The Labute approximate surface area is 169 Å². The van der Waals surface area contributed by atoms with Gasteiger partial charge in [-0.25, -0.2) is 0 Å². The highest BCUT2D eigenvalue weighted by atomic mass is 16.5. The number of hydrogen-bond donors (Lipinski definition) is 2. The number of ether oxygens (including phenoxy) is 2. The molecule has 0 fully saturated rings. The minimum atomic E-state index is -0.894. The largest absolute Gasteiger partial charge is 0.493 e. The van der Waals surface area contributed by atoms with Gasteiger partial charge in [0.15, 0.2) is 17.3 Å². The van der Waals surface area contributed by atoms with Gasteiger partial charge in [0, 0.05) is 17.7 Å². The van der Waals surface area contributed by atoms with E-state index >= 15 is 0 Å². The van der Waals surface area contributed by atoms with Crippen LogP contribution in [0.25, 0.3) is 0 Å². The summed E-state index contributed by atoms with van der Waals surface area (Å²) in [4.78, 5) is 34.5. The maximum Gasteiger partial charge on any atom is 0.310 e. The molecule has 29 heavy (non-hydrogen) atoms. The maximum atomic E-state index is 12.1. The molecule has 0 bridgehead atoms. The van der Waals surface area contributed by atoms with E-state index in [4.69, 9.17) is 14.6 Å². The zero-order valence-electron chi connectivity index (χ0n) is 16.7. The Balaban J connectivity index is 1.80. The molecule has 2 aromatic rings. The highest BCUT2D eigenvalue weighted by Gasteiger charge is 2.13. The summed E-state index contributed by atoms with van der Waals surface area (Å²) in [5.74, 6) is -0.727. The minimum absolute atomic E-state index is 0.0584. The fourth-order valence-corrected chi connectivity index (χ4v) is 2.64. The summed E-state index contributed by atoms with van der Waals surface area (Å²) in [6.07, 6.45) is 0.763. The Morgan fingerprint density at radius 3 is 2.34 bits per heavy atom. The van der Waals surface area contributed by atoms with E-state index in [9.17, 15) is 14.4 Å². The van der Waals surface area contributed by atoms with E-state index in [0.29, 0.717) is 41.3 Å². The number of methoxy groups -OCH3 is 1. The van der Waals surface area contributed by atoms with Crippen molar-refractivity contribution in [1.82, 2.24) is 0 Å². The van der Waals surface area contributed by atoms with Crippen LogP contribution in [0.2, 0.25) is 0 Å². The number of rotatable bonds is 10. The molecule has 154 valence electrons. The van der Waals surface area contributed by atoms with Crippen LogP contribution in [-0.4, -0.2) is 36.5 Å². The van der Waals surface area contributed by atoms with Crippen molar-refractivity contribution in [3.63, 3.8) is 0 Å². The van der Waals surface area contributed by atoms with E-state index in [2.05, 4.69) is 5.32 Å². The van der Waals surface area contributed by atoms with Crippen LogP contribution in [-0.2, 0) is 9.59 Å². The van der Waals surface area contributed by atoms with Crippen LogP contribution < -0.4 is 14.8 Å². The first-order chi connectivity index (χ1) is 13.8. The number of benzene rings is 2. The van der Waals surface area contributed by atoms with Crippen LogP contribution in [0.4, 0.5) is 5.69 Å². The van der Waals surface area contributed by atoms with Gasteiger partial charge in [0.1, 0.15) is 0 Å². The highest BCUT2D eigenvalue weighted by molar-refractivity contribution is 5.94. The number of carboxylic acids is 1. The molecule has 1 amide bonds. The van der Waals surface area contributed by atoms with Gasteiger partial charge >= 0.3 is 5.97 Å². The van der Waals surface area contributed by atoms with Crippen LogP contribution in [0, 0.1) is 0 Å². The maximum absolute atomic E-state index is 12.1. The van der Waals surface area contributed by atoms with Crippen LogP contribution >= 0.6 is 0 Å². The molecular weight excluding hydrogens is 374 g/mol. The van der Waals surface area contributed by atoms with Gasteiger partial charge in [0.05, 0.1) is 19.6 Å². The molecule has 0 aliphatic rings. The van der Waals surface area contributed by atoms with Gasteiger partial charge in [0.25, 0.3) is 0 Å². The molecule has 0 aromatic heterocycles. The predicted octanol–water partition coefficient (Wildman–Crippen LogP) is 3.88. The fraction of sp³-hybridized carbons (Fsp3) is 0.318. The number of amides is 1. The minimum Gasteiger partial charge on any atom is -0.493 e. The molecule has 0 radical (unpaired) electrons. The lowest BCUT2D eigenvalue weighted by Gasteiger charge is -2.12. The van der Waals surface area contributed by atoms with Crippen LogP contribution in [0.3, 0.4) is 0 Å². The van der Waals surface area contributed by atoms with Crippen molar-refractivity contribution in [3.05, 3.63) is 53.6 Å². The lowest BCUT2D eigenvalue weighted by atomic mass is 10.0. The SMILES string of the molecule is COc1cc(C(C)=O)ccc1OCCCC(=O)Nc1ccc(C(C)C(=O)O)cc1. The molecule has 7 heteroatoms. The molecule has 1 atom stereocenters. The molecule has 0 spiro atoms. The van der Waals surface area contributed by atoms with Crippen molar-refractivity contribution < 1.29 is 29.0 Å². The summed E-state index contributed by atoms with van der Waals surface area (Å²) < 4.78 is 10.9. The summed E-state index contributed by atoms with van der Waals surface area (Å²) in [6.45, 7) is 3.41. The third-order valence-electron chi connectivity index (χ3n) is 4.44. The average Bonchev–Trinajstić information content (AvgIpc) is 2.71. The van der Waals surface area contributed by atoms with Crippen LogP contribution in [0.1, 0.15) is 48.5 Å². The van der Waals surface area contributed by atoms with Gasteiger partial charge in [-0.3, -0.25) is 14.4 Å². The van der Waals surface area contributed by atoms with Gasteiger partial charge in [-0.2, -0.15) is 0 Å². The van der Waals surface area contributed by atoms with Crippen molar-refractivity contribution in [2.24, 2.45) is 0 Å². The van der Waals surface area contributed by atoms with Gasteiger partial charge in [0.2, 0.25) is 5.91 Å². The lowest BCUT2D eigenvalue weighted by molar-refractivity contribution is -0.138. The molecule has 2 N–H and O–H groups in total. The Kier molecular flexibility index (Phi) is 7.77. The number of Topliss-reactive ketones (excluding diaryl/α,β-unsaturated/α-hetero) is 1. The average molecular weight is 399 g/mol. The van der Waals surface area contributed by atoms with Crippen LogP contribution in [0.5, 0.6) is 11.5 Å². The molecule has 2 aromatic carbocycles. The number of hydrogen-bond acceptors (Lipinski definition) is 5. The van der Waals surface area contributed by atoms with Gasteiger partial charge in [-0.05, 0) is 56.2 Å². The molecule has 2 rings (SSSR count). The Hall–Kier alpha value is -3.35. The van der Waals surface area contributed by atoms with E-state index in [-0.39, 0.29) is 18.1 Å². The quantitative estimate of drug-likeness (QED) is 0.464. The topological polar surface area (TPSA) is 102 Å². The number of carbonyl (C=O) groups is 3.